The third kappa shape index (κ3) is 4.46. The number of benzene rings is 2. The highest BCUT2D eigenvalue weighted by molar-refractivity contribution is 5.97. The van der Waals surface area contributed by atoms with Gasteiger partial charge in [-0.1, -0.05) is 0 Å². The van der Waals surface area contributed by atoms with Gasteiger partial charge >= 0.3 is 0 Å². The molecule has 2 aliphatic rings. The van der Waals surface area contributed by atoms with Crippen molar-refractivity contribution in [2.75, 3.05) is 47.8 Å². The molecular weight excluding hydrogens is 383 g/mol. The number of halogens is 1. The highest BCUT2D eigenvalue weighted by atomic mass is 19.1. The average Bonchev–Trinajstić information content (AvgIpc) is 3.20. The van der Waals surface area contributed by atoms with E-state index in [1.54, 1.807) is 17.0 Å². The number of hydrogen-bond acceptors (Lipinski definition) is 4. The molecule has 2 fully saturated rings. The Hall–Kier alpha value is -2.93. The maximum atomic E-state index is 13.1. The molecule has 0 aromatic heterocycles. The van der Waals surface area contributed by atoms with E-state index >= 15 is 0 Å². The van der Waals surface area contributed by atoms with E-state index in [9.17, 15) is 14.0 Å². The zero-order chi connectivity index (χ0) is 21.1. The first-order valence-electron chi connectivity index (χ1n) is 10.5. The van der Waals surface area contributed by atoms with Crippen molar-refractivity contribution in [2.45, 2.75) is 25.8 Å². The van der Waals surface area contributed by atoms with Gasteiger partial charge in [0.25, 0.3) is 0 Å². The van der Waals surface area contributed by atoms with Gasteiger partial charge in [0.2, 0.25) is 11.8 Å². The van der Waals surface area contributed by atoms with Crippen LogP contribution >= 0.6 is 0 Å². The van der Waals surface area contributed by atoms with Crippen molar-refractivity contribution in [3.05, 3.63) is 54.3 Å². The van der Waals surface area contributed by atoms with Crippen LogP contribution < -0.4 is 15.1 Å². The molecule has 0 radical (unpaired) electrons. The van der Waals surface area contributed by atoms with Crippen LogP contribution in [-0.2, 0) is 9.59 Å². The molecule has 1 N–H and O–H groups in total. The maximum Gasteiger partial charge on any atom is 0.241 e. The molecule has 4 rings (SSSR count). The number of anilines is 3. The fourth-order valence-corrected chi connectivity index (χ4v) is 4.08. The lowest BCUT2D eigenvalue weighted by molar-refractivity contribution is -0.121. The van der Waals surface area contributed by atoms with Gasteiger partial charge in [-0.25, -0.2) is 4.39 Å². The van der Waals surface area contributed by atoms with E-state index in [0.29, 0.717) is 6.42 Å². The Kier molecular flexibility index (Phi) is 5.99. The van der Waals surface area contributed by atoms with Crippen molar-refractivity contribution in [1.82, 2.24) is 4.90 Å². The van der Waals surface area contributed by atoms with E-state index in [4.69, 9.17) is 0 Å². The van der Waals surface area contributed by atoms with Crippen LogP contribution in [-0.4, -0.2) is 55.5 Å². The number of nitrogens with one attached hydrogen (secondary N) is 1. The minimum absolute atomic E-state index is 0.0461. The van der Waals surface area contributed by atoms with Crippen molar-refractivity contribution in [3.63, 3.8) is 0 Å². The second-order valence-electron chi connectivity index (χ2n) is 7.86. The van der Waals surface area contributed by atoms with Crippen LogP contribution in [0.2, 0.25) is 0 Å². The third-order valence-electron chi connectivity index (χ3n) is 5.95. The molecule has 6 nitrogen and oxygen atoms in total. The van der Waals surface area contributed by atoms with Crippen LogP contribution in [0.3, 0.4) is 0 Å². The summed E-state index contributed by atoms with van der Waals surface area (Å²) >= 11 is 0. The molecule has 0 spiro atoms. The zero-order valence-electron chi connectivity index (χ0n) is 17.2. The molecule has 0 bridgehead atoms. The lowest BCUT2D eigenvalue weighted by atomic mass is 10.2. The molecule has 2 amide bonds. The Bertz CT molecular complexity index is 892. The second kappa shape index (κ2) is 8.83. The molecule has 2 heterocycles. The summed E-state index contributed by atoms with van der Waals surface area (Å²) in [4.78, 5) is 30.7. The molecule has 7 heteroatoms. The summed E-state index contributed by atoms with van der Waals surface area (Å²) in [6.45, 7) is 5.79. The van der Waals surface area contributed by atoms with Crippen LogP contribution in [0.1, 0.15) is 19.8 Å². The van der Waals surface area contributed by atoms with Crippen molar-refractivity contribution < 1.29 is 14.0 Å². The fraction of sp³-hybridized carbons (Fsp3) is 0.391. The van der Waals surface area contributed by atoms with Crippen LogP contribution in [0.15, 0.2) is 48.5 Å². The summed E-state index contributed by atoms with van der Waals surface area (Å²) in [5.41, 5.74) is 2.61. The van der Waals surface area contributed by atoms with Crippen LogP contribution in [0.4, 0.5) is 21.5 Å². The number of carbonyl (C=O) groups is 2. The van der Waals surface area contributed by atoms with Gasteiger partial charge in [0.15, 0.2) is 0 Å². The highest BCUT2D eigenvalue weighted by Crippen LogP contribution is 2.23. The van der Waals surface area contributed by atoms with Crippen LogP contribution in [0.5, 0.6) is 0 Å². The maximum absolute atomic E-state index is 13.1. The van der Waals surface area contributed by atoms with E-state index in [1.807, 2.05) is 31.2 Å². The number of carbonyl (C=O) groups excluding carboxylic acids is 2. The van der Waals surface area contributed by atoms with E-state index in [-0.39, 0.29) is 23.7 Å². The third-order valence-corrected chi connectivity index (χ3v) is 5.95. The number of rotatable bonds is 5. The van der Waals surface area contributed by atoms with Gasteiger partial charge < -0.3 is 15.1 Å². The zero-order valence-corrected chi connectivity index (χ0v) is 17.2. The molecule has 1 unspecified atom stereocenters. The van der Waals surface area contributed by atoms with Crippen molar-refractivity contribution in [2.24, 2.45) is 0 Å². The molecule has 2 aromatic rings. The lowest BCUT2D eigenvalue weighted by Crippen LogP contribution is -2.52. The molecule has 0 saturated carbocycles. The number of amides is 2. The van der Waals surface area contributed by atoms with E-state index in [1.165, 1.54) is 12.1 Å². The summed E-state index contributed by atoms with van der Waals surface area (Å²) in [6, 6.07) is 13.7. The van der Waals surface area contributed by atoms with Gasteiger partial charge in [-0.15, -0.1) is 0 Å². The first kappa shape index (κ1) is 20.3. The molecule has 2 aromatic carbocycles. The Balaban J connectivity index is 1.29. The van der Waals surface area contributed by atoms with Crippen molar-refractivity contribution >= 4 is 28.9 Å². The molecule has 158 valence electrons. The van der Waals surface area contributed by atoms with E-state index in [2.05, 4.69) is 15.1 Å². The monoisotopic (exact) mass is 410 g/mol. The van der Waals surface area contributed by atoms with E-state index in [0.717, 1.165) is 56.2 Å². The Morgan fingerprint density at radius 3 is 2.17 bits per heavy atom. The minimum atomic E-state index is -0.250. The minimum Gasteiger partial charge on any atom is -0.369 e. The first-order chi connectivity index (χ1) is 14.5. The smallest absolute Gasteiger partial charge is 0.241 e. The van der Waals surface area contributed by atoms with Gasteiger partial charge in [0, 0.05) is 56.2 Å². The first-order valence-corrected chi connectivity index (χ1v) is 10.5. The summed E-state index contributed by atoms with van der Waals surface area (Å²) in [5, 5.41) is 2.98. The molecule has 0 aliphatic carbocycles. The summed E-state index contributed by atoms with van der Waals surface area (Å²) in [7, 11) is 0. The highest BCUT2D eigenvalue weighted by Gasteiger charge is 2.26. The second-order valence-corrected chi connectivity index (χ2v) is 7.86. The lowest BCUT2D eigenvalue weighted by Gasteiger charge is -2.38. The van der Waals surface area contributed by atoms with E-state index < -0.39 is 0 Å². The van der Waals surface area contributed by atoms with Gasteiger partial charge in [-0.2, -0.15) is 0 Å². The van der Waals surface area contributed by atoms with Gasteiger partial charge in [0.1, 0.15) is 5.82 Å². The normalized spacial score (nSPS) is 18.5. The topological polar surface area (TPSA) is 55.9 Å². The van der Waals surface area contributed by atoms with Crippen LogP contribution in [0, 0.1) is 5.82 Å². The molecular formula is C23H27FN4O2. The predicted octanol–water partition coefficient (Wildman–Crippen LogP) is 3.10. The average molecular weight is 410 g/mol. The Labute approximate surface area is 176 Å². The quantitative estimate of drug-likeness (QED) is 0.823. The van der Waals surface area contributed by atoms with Crippen molar-refractivity contribution in [3.8, 4) is 0 Å². The Morgan fingerprint density at radius 1 is 0.933 bits per heavy atom. The predicted molar refractivity (Wildman–Crippen MR) is 116 cm³/mol. The number of piperazine rings is 1. The van der Waals surface area contributed by atoms with Crippen LogP contribution in [0.25, 0.3) is 0 Å². The standard InChI is InChI=1S/C23H27FN4O2/c1-17(26-13-15-27(16-14-26)20-8-4-18(24)5-9-20)23(30)25-19-6-10-21(11-7-19)28-12-2-3-22(28)29/h4-11,17H,2-3,12-16H2,1H3,(H,25,30). The number of hydrogen-bond donors (Lipinski definition) is 1. The van der Waals surface area contributed by atoms with Gasteiger partial charge in [0.05, 0.1) is 6.04 Å². The molecule has 2 saturated heterocycles. The van der Waals surface area contributed by atoms with Gasteiger partial charge in [-0.3, -0.25) is 14.5 Å². The summed E-state index contributed by atoms with van der Waals surface area (Å²) in [6.07, 6.45) is 1.49. The van der Waals surface area contributed by atoms with Crippen molar-refractivity contribution in [1.29, 1.82) is 0 Å². The fourth-order valence-electron chi connectivity index (χ4n) is 4.08. The molecule has 1 atom stereocenters. The summed E-state index contributed by atoms with van der Waals surface area (Å²) in [5.74, 6) is -0.127. The number of nitrogens with zero attached hydrogens (tertiary/aromatic N) is 3. The SMILES string of the molecule is CC(C(=O)Nc1ccc(N2CCCC2=O)cc1)N1CCN(c2ccc(F)cc2)CC1. The summed E-state index contributed by atoms with van der Waals surface area (Å²) < 4.78 is 13.1. The molecule has 30 heavy (non-hydrogen) atoms. The van der Waals surface area contributed by atoms with Gasteiger partial charge in [-0.05, 0) is 61.9 Å². The Morgan fingerprint density at radius 2 is 1.57 bits per heavy atom. The molecule has 2 aliphatic heterocycles. The largest absolute Gasteiger partial charge is 0.369 e.